The summed E-state index contributed by atoms with van der Waals surface area (Å²) in [6.45, 7) is 5.99. The zero-order valence-electron chi connectivity index (χ0n) is 9.32. The molecule has 5 heteroatoms. The summed E-state index contributed by atoms with van der Waals surface area (Å²) < 4.78 is 24.6. The van der Waals surface area contributed by atoms with Crippen LogP contribution in [0.4, 0.5) is 0 Å². The van der Waals surface area contributed by atoms with Gasteiger partial charge in [-0.15, -0.1) is 0 Å². The van der Waals surface area contributed by atoms with Crippen LogP contribution < -0.4 is 0 Å². The number of nitrogens with zero attached hydrogens (tertiary/aromatic N) is 2. The molecule has 1 aromatic rings. The summed E-state index contributed by atoms with van der Waals surface area (Å²) in [5.41, 5.74) is 3.26. The zero-order valence-corrected chi connectivity index (χ0v) is 10.1. The van der Waals surface area contributed by atoms with Gasteiger partial charge in [-0.3, -0.25) is 4.68 Å². The van der Waals surface area contributed by atoms with Gasteiger partial charge in [-0.25, -0.2) is 8.42 Å². The van der Waals surface area contributed by atoms with E-state index in [9.17, 15) is 8.42 Å². The quantitative estimate of drug-likeness (QED) is 0.725. The molecule has 0 aliphatic carbocycles. The van der Waals surface area contributed by atoms with E-state index in [1.807, 2.05) is 25.5 Å². The first-order valence-electron chi connectivity index (χ1n) is 5.13. The van der Waals surface area contributed by atoms with Crippen LogP contribution in [0.2, 0.25) is 0 Å². The van der Waals surface area contributed by atoms with E-state index in [-0.39, 0.29) is 11.8 Å². The average Bonchev–Trinajstić information content (AvgIpc) is 2.62. The Morgan fingerprint density at radius 2 is 2.00 bits per heavy atom. The maximum Gasteiger partial charge on any atom is 0.152 e. The fraction of sp³-hybridized carbons (Fsp3) is 0.700. The summed E-state index contributed by atoms with van der Waals surface area (Å²) in [6.07, 6.45) is 0.698. The monoisotopic (exact) mass is 228 g/mol. The topological polar surface area (TPSA) is 52.0 Å². The van der Waals surface area contributed by atoms with Gasteiger partial charge in [0.2, 0.25) is 0 Å². The Balaban J connectivity index is 2.36. The predicted molar refractivity (Wildman–Crippen MR) is 58.7 cm³/mol. The normalized spacial score (nSPS) is 24.6. The average molecular weight is 228 g/mol. The lowest BCUT2D eigenvalue weighted by Gasteiger charge is -2.10. The highest BCUT2D eigenvalue weighted by molar-refractivity contribution is 7.91. The molecule has 1 aliphatic rings. The molecule has 1 aromatic heterocycles. The van der Waals surface area contributed by atoms with E-state index in [2.05, 4.69) is 5.10 Å². The van der Waals surface area contributed by atoms with Crippen molar-refractivity contribution < 1.29 is 8.42 Å². The lowest BCUT2D eigenvalue weighted by Crippen LogP contribution is -2.13. The molecule has 0 amide bonds. The van der Waals surface area contributed by atoms with Gasteiger partial charge in [0.15, 0.2) is 9.84 Å². The third-order valence-corrected chi connectivity index (χ3v) is 4.99. The molecule has 1 unspecified atom stereocenters. The lowest BCUT2D eigenvalue weighted by molar-refractivity contribution is 0.485. The van der Waals surface area contributed by atoms with Crippen molar-refractivity contribution >= 4 is 9.84 Å². The van der Waals surface area contributed by atoms with Gasteiger partial charge < -0.3 is 0 Å². The van der Waals surface area contributed by atoms with Crippen LogP contribution in [0.3, 0.4) is 0 Å². The molecule has 0 saturated carbocycles. The third kappa shape index (κ3) is 1.80. The maximum absolute atomic E-state index is 11.4. The summed E-state index contributed by atoms with van der Waals surface area (Å²) in [4.78, 5) is 0. The molecule has 15 heavy (non-hydrogen) atoms. The van der Waals surface area contributed by atoms with Crippen molar-refractivity contribution in [2.45, 2.75) is 33.2 Å². The lowest BCUT2D eigenvalue weighted by atomic mass is 10.2. The smallest absolute Gasteiger partial charge is 0.152 e. The molecular formula is C10H16N2O2S. The Morgan fingerprint density at radius 1 is 1.33 bits per heavy atom. The number of rotatable bonds is 1. The van der Waals surface area contributed by atoms with Gasteiger partial charge in [0.25, 0.3) is 0 Å². The zero-order chi connectivity index (χ0) is 11.2. The standard InChI is InChI=1S/C10H16N2O2S/c1-7-8(2)11-12(9(7)3)10-4-5-15(13,14)6-10/h10H,4-6H2,1-3H3. The van der Waals surface area contributed by atoms with Crippen molar-refractivity contribution in [2.75, 3.05) is 11.5 Å². The van der Waals surface area contributed by atoms with Crippen LogP contribution >= 0.6 is 0 Å². The molecule has 1 saturated heterocycles. The predicted octanol–water partition coefficient (Wildman–Crippen LogP) is 1.17. The summed E-state index contributed by atoms with van der Waals surface area (Å²) in [7, 11) is -2.82. The largest absolute Gasteiger partial charge is 0.265 e. The molecule has 0 N–H and O–H groups in total. The summed E-state index contributed by atoms with van der Waals surface area (Å²) >= 11 is 0. The minimum absolute atomic E-state index is 0.0439. The first kappa shape index (κ1) is 10.7. The number of sulfone groups is 1. The Bertz CT molecular complexity index is 488. The van der Waals surface area contributed by atoms with Crippen molar-refractivity contribution in [1.82, 2.24) is 9.78 Å². The van der Waals surface area contributed by atoms with E-state index in [4.69, 9.17) is 0 Å². The Kier molecular flexibility index (Phi) is 2.37. The van der Waals surface area contributed by atoms with Gasteiger partial charge in [-0.05, 0) is 32.8 Å². The Hall–Kier alpha value is -0.840. The van der Waals surface area contributed by atoms with Crippen molar-refractivity contribution in [3.63, 3.8) is 0 Å². The Labute approximate surface area is 90.2 Å². The molecular weight excluding hydrogens is 212 g/mol. The number of hydrogen-bond acceptors (Lipinski definition) is 3. The van der Waals surface area contributed by atoms with E-state index in [0.717, 1.165) is 11.4 Å². The highest BCUT2D eigenvalue weighted by Gasteiger charge is 2.30. The molecule has 2 rings (SSSR count). The molecule has 4 nitrogen and oxygen atoms in total. The van der Waals surface area contributed by atoms with Crippen LogP contribution in [-0.4, -0.2) is 29.7 Å². The van der Waals surface area contributed by atoms with Gasteiger partial charge in [0, 0.05) is 5.69 Å². The van der Waals surface area contributed by atoms with Crippen molar-refractivity contribution in [3.8, 4) is 0 Å². The minimum atomic E-state index is -2.82. The number of hydrogen-bond donors (Lipinski definition) is 0. The van der Waals surface area contributed by atoms with Crippen LogP contribution in [0.1, 0.15) is 29.4 Å². The number of aryl methyl sites for hydroxylation is 1. The highest BCUT2D eigenvalue weighted by Crippen LogP contribution is 2.26. The molecule has 1 atom stereocenters. The van der Waals surface area contributed by atoms with Gasteiger partial charge in [-0.2, -0.15) is 5.10 Å². The van der Waals surface area contributed by atoms with Crippen LogP contribution in [0.15, 0.2) is 0 Å². The first-order chi connectivity index (χ1) is 6.91. The fourth-order valence-corrected chi connectivity index (χ4v) is 3.76. The molecule has 1 fully saturated rings. The molecule has 0 aromatic carbocycles. The SMILES string of the molecule is Cc1nn(C2CCS(=O)(=O)C2)c(C)c1C. The van der Waals surface area contributed by atoms with Gasteiger partial charge in [0.1, 0.15) is 0 Å². The number of aromatic nitrogens is 2. The van der Waals surface area contributed by atoms with E-state index in [0.29, 0.717) is 12.2 Å². The highest BCUT2D eigenvalue weighted by atomic mass is 32.2. The molecule has 2 heterocycles. The molecule has 1 aliphatic heterocycles. The van der Waals surface area contributed by atoms with Crippen LogP contribution in [0.5, 0.6) is 0 Å². The van der Waals surface area contributed by atoms with E-state index in [1.165, 1.54) is 5.56 Å². The third-order valence-electron chi connectivity index (χ3n) is 3.24. The Morgan fingerprint density at radius 3 is 2.40 bits per heavy atom. The van der Waals surface area contributed by atoms with Gasteiger partial charge in [-0.1, -0.05) is 0 Å². The van der Waals surface area contributed by atoms with E-state index in [1.54, 1.807) is 0 Å². The second-order valence-electron chi connectivity index (χ2n) is 4.30. The van der Waals surface area contributed by atoms with Gasteiger partial charge >= 0.3 is 0 Å². The van der Waals surface area contributed by atoms with E-state index >= 15 is 0 Å². The second kappa shape index (κ2) is 3.33. The van der Waals surface area contributed by atoms with Crippen molar-refractivity contribution in [3.05, 3.63) is 17.0 Å². The maximum atomic E-state index is 11.4. The second-order valence-corrected chi connectivity index (χ2v) is 6.53. The molecule has 84 valence electrons. The van der Waals surface area contributed by atoms with Crippen LogP contribution in [0.25, 0.3) is 0 Å². The summed E-state index contributed by atoms with van der Waals surface area (Å²) in [6, 6.07) is 0.0439. The molecule has 0 bridgehead atoms. The molecule has 0 spiro atoms. The van der Waals surface area contributed by atoms with E-state index < -0.39 is 9.84 Å². The minimum Gasteiger partial charge on any atom is -0.265 e. The summed E-state index contributed by atoms with van der Waals surface area (Å²) in [5.74, 6) is 0.545. The van der Waals surface area contributed by atoms with Crippen molar-refractivity contribution in [1.29, 1.82) is 0 Å². The fourth-order valence-electron chi connectivity index (χ4n) is 2.07. The summed E-state index contributed by atoms with van der Waals surface area (Å²) in [5, 5.41) is 4.41. The van der Waals surface area contributed by atoms with Crippen LogP contribution in [0, 0.1) is 20.8 Å². The van der Waals surface area contributed by atoms with Crippen molar-refractivity contribution in [2.24, 2.45) is 0 Å². The molecule has 0 radical (unpaired) electrons. The van der Waals surface area contributed by atoms with Gasteiger partial charge in [0.05, 0.1) is 23.2 Å². The first-order valence-corrected chi connectivity index (χ1v) is 6.95. The van der Waals surface area contributed by atoms with Crippen LogP contribution in [-0.2, 0) is 9.84 Å².